The lowest BCUT2D eigenvalue weighted by atomic mass is 10.2. The molecule has 0 atom stereocenters. The molecule has 0 aliphatic rings. The predicted molar refractivity (Wildman–Crippen MR) is 64.2 cm³/mol. The second kappa shape index (κ2) is 5.87. The maximum absolute atomic E-state index is 13.7. The highest BCUT2D eigenvalue weighted by Crippen LogP contribution is 2.30. The van der Waals surface area contributed by atoms with E-state index in [1.165, 1.54) is 6.07 Å². The van der Waals surface area contributed by atoms with Crippen LogP contribution in [-0.4, -0.2) is 18.5 Å². The predicted octanol–water partition coefficient (Wildman–Crippen LogP) is 2.09. The summed E-state index contributed by atoms with van der Waals surface area (Å²) in [5, 5.41) is 6.50. The fraction of sp³-hybridized carbons (Fsp3) is 0.111. The van der Waals surface area contributed by atoms with Crippen LogP contribution in [0.5, 0.6) is 5.75 Å². The number of nitrogens with zero attached hydrogens (tertiary/aromatic N) is 2. The van der Waals surface area contributed by atoms with Crippen LogP contribution in [0.1, 0.15) is 5.56 Å². The quantitative estimate of drug-likeness (QED) is 0.381. The molecule has 0 radical (unpaired) electrons. The van der Waals surface area contributed by atoms with E-state index in [1.807, 2.05) is 0 Å². The molecular formula is C9H7BrF4N4O. The Morgan fingerprint density at radius 1 is 1.32 bits per heavy atom. The van der Waals surface area contributed by atoms with Crippen LogP contribution < -0.4 is 16.2 Å². The number of nitrogens with two attached hydrogens (primary N) is 2. The summed E-state index contributed by atoms with van der Waals surface area (Å²) in [6.07, 6.45) is -4.15. The summed E-state index contributed by atoms with van der Waals surface area (Å²) in [6.45, 7) is 0. The highest BCUT2D eigenvalue weighted by atomic mass is 79.9. The SMILES string of the molecule is NC(N)=NN=Cc1c(Br)ccc(OC(F)(F)F)c1F. The molecule has 5 nitrogen and oxygen atoms in total. The Labute approximate surface area is 113 Å². The molecule has 1 aromatic rings. The van der Waals surface area contributed by atoms with Gasteiger partial charge in [-0.05, 0) is 12.1 Å². The number of hydrogen-bond acceptors (Lipinski definition) is 3. The van der Waals surface area contributed by atoms with Crippen LogP contribution in [0.3, 0.4) is 0 Å². The fourth-order valence-electron chi connectivity index (χ4n) is 1.02. The van der Waals surface area contributed by atoms with Crippen LogP contribution in [0.4, 0.5) is 17.6 Å². The third-order valence-electron chi connectivity index (χ3n) is 1.68. The highest BCUT2D eigenvalue weighted by Gasteiger charge is 2.33. The molecule has 0 heterocycles. The average molecular weight is 343 g/mol. The maximum atomic E-state index is 13.7. The van der Waals surface area contributed by atoms with Gasteiger partial charge in [-0.25, -0.2) is 4.39 Å². The minimum absolute atomic E-state index is 0.161. The van der Waals surface area contributed by atoms with Crippen LogP contribution in [0.25, 0.3) is 0 Å². The van der Waals surface area contributed by atoms with E-state index in [-0.39, 0.29) is 16.0 Å². The fourth-order valence-corrected chi connectivity index (χ4v) is 1.43. The van der Waals surface area contributed by atoms with Gasteiger partial charge in [-0.15, -0.1) is 18.3 Å². The number of halogens is 5. The lowest BCUT2D eigenvalue weighted by molar-refractivity contribution is -0.275. The van der Waals surface area contributed by atoms with E-state index in [4.69, 9.17) is 11.5 Å². The summed E-state index contributed by atoms with van der Waals surface area (Å²) in [6, 6.07) is 1.99. The summed E-state index contributed by atoms with van der Waals surface area (Å²) in [5.41, 5.74) is 9.68. The van der Waals surface area contributed by atoms with E-state index >= 15 is 0 Å². The van der Waals surface area contributed by atoms with Crippen molar-refractivity contribution in [1.29, 1.82) is 0 Å². The maximum Gasteiger partial charge on any atom is 0.573 e. The number of hydrogen-bond donors (Lipinski definition) is 2. The van der Waals surface area contributed by atoms with Crippen molar-refractivity contribution in [2.24, 2.45) is 21.7 Å². The van der Waals surface area contributed by atoms with E-state index in [9.17, 15) is 17.6 Å². The Bertz CT molecular complexity index is 526. The largest absolute Gasteiger partial charge is 0.573 e. The zero-order chi connectivity index (χ0) is 14.6. The van der Waals surface area contributed by atoms with Gasteiger partial charge < -0.3 is 16.2 Å². The first-order valence-electron chi connectivity index (χ1n) is 4.56. The molecule has 1 rings (SSSR count). The monoisotopic (exact) mass is 342 g/mol. The van der Waals surface area contributed by atoms with E-state index in [1.54, 1.807) is 0 Å². The molecule has 0 amide bonds. The minimum atomic E-state index is -5.00. The summed E-state index contributed by atoms with van der Waals surface area (Å²) in [5.74, 6) is -2.61. The van der Waals surface area contributed by atoms with Crippen LogP contribution in [0.15, 0.2) is 26.8 Å². The Hall–Kier alpha value is -1.84. The zero-order valence-corrected chi connectivity index (χ0v) is 10.7. The topological polar surface area (TPSA) is 86.0 Å². The molecule has 0 fully saturated rings. The summed E-state index contributed by atoms with van der Waals surface area (Å²) < 4.78 is 53.5. The first-order chi connectivity index (χ1) is 8.70. The van der Waals surface area contributed by atoms with Gasteiger partial charge in [0, 0.05) is 10.0 Å². The van der Waals surface area contributed by atoms with Crippen LogP contribution >= 0.6 is 15.9 Å². The van der Waals surface area contributed by atoms with Crippen molar-refractivity contribution in [2.45, 2.75) is 6.36 Å². The third-order valence-corrected chi connectivity index (χ3v) is 2.37. The van der Waals surface area contributed by atoms with Gasteiger partial charge in [0.1, 0.15) is 0 Å². The number of alkyl halides is 3. The van der Waals surface area contributed by atoms with Crippen LogP contribution in [-0.2, 0) is 0 Å². The molecule has 0 saturated carbocycles. The number of ether oxygens (including phenoxy) is 1. The van der Waals surface area contributed by atoms with Gasteiger partial charge in [-0.3, -0.25) is 0 Å². The molecule has 0 unspecified atom stereocenters. The second-order valence-corrected chi connectivity index (χ2v) is 3.94. The molecule has 0 saturated heterocycles. The van der Waals surface area contributed by atoms with Crippen molar-refractivity contribution in [3.05, 3.63) is 28.0 Å². The lowest BCUT2D eigenvalue weighted by Crippen LogP contribution is -2.21. The molecular weight excluding hydrogens is 336 g/mol. The molecule has 0 aliphatic heterocycles. The third kappa shape index (κ3) is 4.73. The Kier molecular flexibility index (Phi) is 4.70. The van der Waals surface area contributed by atoms with Crippen molar-refractivity contribution >= 4 is 28.1 Å². The van der Waals surface area contributed by atoms with Gasteiger partial charge in [0.05, 0.1) is 6.21 Å². The molecule has 10 heteroatoms. The average Bonchev–Trinajstić information content (AvgIpc) is 2.25. The molecule has 0 aromatic heterocycles. The van der Waals surface area contributed by atoms with Gasteiger partial charge in [0.2, 0.25) is 5.96 Å². The van der Waals surface area contributed by atoms with Crippen LogP contribution in [0, 0.1) is 5.82 Å². The first kappa shape index (κ1) is 15.2. The minimum Gasteiger partial charge on any atom is -0.403 e. The standard InChI is InChI=1S/C9H7BrF4N4O/c10-5-1-2-6(19-9(12,13)14)7(11)4(5)3-17-18-8(15)16/h1-3H,(H4,15,16,18). The van der Waals surface area contributed by atoms with Gasteiger partial charge in [-0.1, -0.05) is 15.9 Å². The Balaban J connectivity index is 3.14. The number of benzene rings is 1. The van der Waals surface area contributed by atoms with Crippen molar-refractivity contribution in [2.75, 3.05) is 0 Å². The van der Waals surface area contributed by atoms with E-state index < -0.39 is 17.9 Å². The zero-order valence-electron chi connectivity index (χ0n) is 9.08. The Morgan fingerprint density at radius 2 is 1.95 bits per heavy atom. The van der Waals surface area contributed by atoms with Crippen LogP contribution in [0.2, 0.25) is 0 Å². The molecule has 104 valence electrons. The van der Waals surface area contributed by atoms with Crippen molar-refractivity contribution in [3.63, 3.8) is 0 Å². The first-order valence-corrected chi connectivity index (χ1v) is 5.35. The molecule has 19 heavy (non-hydrogen) atoms. The number of guanidine groups is 1. The van der Waals surface area contributed by atoms with E-state index in [2.05, 4.69) is 30.9 Å². The molecule has 0 spiro atoms. The summed E-state index contributed by atoms with van der Waals surface area (Å²) >= 11 is 2.95. The van der Waals surface area contributed by atoms with E-state index in [0.29, 0.717) is 0 Å². The highest BCUT2D eigenvalue weighted by molar-refractivity contribution is 9.10. The lowest BCUT2D eigenvalue weighted by Gasteiger charge is -2.11. The summed E-state index contributed by atoms with van der Waals surface area (Å²) in [7, 11) is 0. The van der Waals surface area contributed by atoms with E-state index in [0.717, 1.165) is 12.3 Å². The molecule has 0 aliphatic carbocycles. The van der Waals surface area contributed by atoms with Gasteiger partial charge >= 0.3 is 6.36 Å². The summed E-state index contributed by atoms with van der Waals surface area (Å²) in [4.78, 5) is 0. The number of rotatable bonds is 3. The Morgan fingerprint density at radius 3 is 2.47 bits per heavy atom. The van der Waals surface area contributed by atoms with Crippen molar-refractivity contribution in [3.8, 4) is 5.75 Å². The molecule has 4 N–H and O–H groups in total. The van der Waals surface area contributed by atoms with Crippen molar-refractivity contribution in [1.82, 2.24) is 0 Å². The van der Waals surface area contributed by atoms with Crippen molar-refractivity contribution < 1.29 is 22.3 Å². The second-order valence-electron chi connectivity index (χ2n) is 3.09. The van der Waals surface area contributed by atoms with Gasteiger partial charge in [0.25, 0.3) is 0 Å². The normalized spacial score (nSPS) is 11.6. The smallest absolute Gasteiger partial charge is 0.403 e. The van der Waals surface area contributed by atoms with Gasteiger partial charge in [0.15, 0.2) is 11.6 Å². The molecule has 0 bridgehead atoms. The van der Waals surface area contributed by atoms with Gasteiger partial charge in [-0.2, -0.15) is 5.10 Å². The molecule has 1 aromatic carbocycles.